The van der Waals surface area contributed by atoms with E-state index in [4.69, 9.17) is 9.84 Å². The fourth-order valence-corrected chi connectivity index (χ4v) is 5.45. The van der Waals surface area contributed by atoms with Gasteiger partial charge in [-0.25, -0.2) is 4.68 Å². The lowest BCUT2D eigenvalue weighted by atomic mass is 9.84. The largest absolute Gasteiger partial charge is 0.497 e. The molecule has 0 saturated heterocycles. The van der Waals surface area contributed by atoms with E-state index < -0.39 is 0 Å². The van der Waals surface area contributed by atoms with Gasteiger partial charge in [0.25, 0.3) is 0 Å². The third-order valence-corrected chi connectivity index (χ3v) is 7.30. The molecule has 0 amide bonds. The van der Waals surface area contributed by atoms with E-state index in [1.807, 2.05) is 35.0 Å². The molecule has 0 spiro atoms. The molecule has 0 unspecified atom stereocenters. The fourth-order valence-electron chi connectivity index (χ4n) is 5.45. The van der Waals surface area contributed by atoms with Crippen molar-refractivity contribution in [3.8, 4) is 22.7 Å². The minimum Gasteiger partial charge on any atom is -0.497 e. The molecule has 0 saturated carbocycles. The van der Waals surface area contributed by atoms with Crippen LogP contribution in [0.15, 0.2) is 122 Å². The number of nitrogens with one attached hydrogen (secondary N) is 2. The Morgan fingerprint density at radius 2 is 1.24 bits per heavy atom. The average Bonchev–Trinajstić information content (AvgIpc) is 3.72. The molecule has 0 aliphatic carbocycles. The van der Waals surface area contributed by atoms with Crippen LogP contribution in [0.4, 0.5) is 0 Å². The maximum absolute atomic E-state index is 5.44. The quantitative estimate of drug-likeness (QED) is 0.249. The van der Waals surface area contributed by atoms with E-state index in [2.05, 4.69) is 101 Å². The summed E-state index contributed by atoms with van der Waals surface area (Å²) in [7, 11) is 1.69. The Bertz CT molecular complexity index is 1780. The van der Waals surface area contributed by atoms with Gasteiger partial charge in [-0.2, -0.15) is 5.10 Å². The molecule has 0 bridgehead atoms. The lowest BCUT2D eigenvalue weighted by Gasteiger charge is -2.17. The van der Waals surface area contributed by atoms with E-state index in [1.165, 1.54) is 21.9 Å². The van der Waals surface area contributed by atoms with Gasteiger partial charge in [-0.05, 0) is 59.7 Å². The zero-order valence-corrected chi connectivity index (χ0v) is 20.9. The molecule has 38 heavy (non-hydrogen) atoms. The summed E-state index contributed by atoms with van der Waals surface area (Å²) in [5.74, 6) is 0.763. The number of para-hydroxylation sites is 3. The lowest BCUT2D eigenvalue weighted by molar-refractivity contribution is 0.415. The number of hydrogen-bond donors (Lipinski definition) is 2. The fraction of sp³-hybridized carbons (Fsp3) is 0.0606. The van der Waals surface area contributed by atoms with Crippen LogP contribution in [0.2, 0.25) is 0 Å². The molecular formula is C33H26N4O. The Kier molecular flexibility index (Phi) is 5.33. The molecule has 0 fully saturated rings. The summed E-state index contributed by atoms with van der Waals surface area (Å²) in [6, 6.07) is 35.4. The third-order valence-electron chi connectivity index (χ3n) is 7.30. The van der Waals surface area contributed by atoms with E-state index in [9.17, 15) is 0 Å². The molecule has 7 aromatic rings. The molecule has 0 radical (unpaired) electrons. The van der Waals surface area contributed by atoms with Crippen LogP contribution in [0, 0.1) is 0 Å². The number of ether oxygens (including phenoxy) is 1. The van der Waals surface area contributed by atoms with Crippen molar-refractivity contribution in [2.45, 2.75) is 5.92 Å². The van der Waals surface area contributed by atoms with Gasteiger partial charge < -0.3 is 14.7 Å². The van der Waals surface area contributed by atoms with E-state index in [0.717, 1.165) is 39.3 Å². The lowest BCUT2D eigenvalue weighted by Crippen LogP contribution is -2.03. The van der Waals surface area contributed by atoms with Crippen molar-refractivity contribution in [2.24, 2.45) is 0 Å². The molecule has 5 nitrogen and oxygen atoms in total. The van der Waals surface area contributed by atoms with Gasteiger partial charge in [0.05, 0.1) is 18.5 Å². The molecule has 4 aromatic carbocycles. The Morgan fingerprint density at radius 1 is 0.658 bits per heavy atom. The van der Waals surface area contributed by atoms with Crippen LogP contribution in [0.3, 0.4) is 0 Å². The van der Waals surface area contributed by atoms with Crippen LogP contribution < -0.4 is 4.74 Å². The molecular weight excluding hydrogens is 468 g/mol. The number of aromatic amines is 2. The van der Waals surface area contributed by atoms with E-state index in [1.54, 1.807) is 7.11 Å². The van der Waals surface area contributed by atoms with Crippen molar-refractivity contribution in [3.63, 3.8) is 0 Å². The molecule has 0 aliphatic rings. The smallest absolute Gasteiger partial charge is 0.118 e. The first-order chi connectivity index (χ1) is 18.8. The molecule has 2 N–H and O–H groups in total. The van der Waals surface area contributed by atoms with Gasteiger partial charge >= 0.3 is 0 Å². The first-order valence-corrected chi connectivity index (χ1v) is 12.7. The number of fused-ring (bicyclic) bond motifs is 2. The maximum atomic E-state index is 5.44. The summed E-state index contributed by atoms with van der Waals surface area (Å²) in [5, 5.41) is 7.57. The first kappa shape index (κ1) is 22.2. The number of nitrogens with zero attached hydrogens (tertiary/aromatic N) is 2. The maximum Gasteiger partial charge on any atom is 0.118 e. The van der Waals surface area contributed by atoms with Gasteiger partial charge in [0.2, 0.25) is 0 Å². The zero-order chi connectivity index (χ0) is 25.5. The number of hydrogen-bond acceptors (Lipinski definition) is 2. The summed E-state index contributed by atoms with van der Waals surface area (Å²) in [6.07, 6.45) is 6.48. The molecule has 184 valence electrons. The van der Waals surface area contributed by atoms with Crippen LogP contribution >= 0.6 is 0 Å². The van der Waals surface area contributed by atoms with Crippen molar-refractivity contribution in [3.05, 3.63) is 138 Å². The summed E-state index contributed by atoms with van der Waals surface area (Å²) < 4.78 is 7.43. The predicted octanol–water partition coefficient (Wildman–Crippen LogP) is 7.69. The van der Waals surface area contributed by atoms with Gasteiger partial charge in [0.1, 0.15) is 5.75 Å². The minimum atomic E-state index is -0.0585. The molecule has 0 atom stereocenters. The number of H-pyrrole nitrogens is 2. The normalized spacial score (nSPS) is 11.5. The zero-order valence-electron chi connectivity index (χ0n) is 20.9. The summed E-state index contributed by atoms with van der Waals surface area (Å²) in [4.78, 5) is 7.01. The topological polar surface area (TPSA) is 58.6 Å². The predicted molar refractivity (Wildman–Crippen MR) is 153 cm³/mol. The highest BCUT2D eigenvalue weighted by molar-refractivity contribution is 5.89. The van der Waals surface area contributed by atoms with Gasteiger partial charge in [-0.15, -0.1) is 0 Å². The van der Waals surface area contributed by atoms with Crippen LogP contribution in [0.25, 0.3) is 38.8 Å². The molecule has 0 aliphatic heterocycles. The highest BCUT2D eigenvalue weighted by atomic mass is 16.5. The van der Waals surface area contributed by atoms with Crippen molar-refractivity contribution in [1.82, 2.24) is 19.7 Å². The molecule has 3 aromatic heterocycles. The third kappa shape index (κ3) is 3.68. The Morgan fingerprint density at radius 3 is 1.84 bits per heavy atom. The summed E-state index contributed by atoms with van der Waals surface area (Å²) in [6.45, 7) is 0. The van der Waals surface area contributed by atoms with Crippen molar-refractivity contribution in [1.29, 1.82) is 0 Å². The average molecular weight is 495 g/mol. The Hall–Kier alpha value is -5.03. The van der Waals surface area contributed by atoms with Crippen LogP contribution in [-0.2, 0) is 0 Å². The standard InChI is InChI=1S/C33H26N4O/c1-38-24-17-15-22(16-18-24)33-29(21-37(36-33)23-9-3-2-4-10-23)32(27-19-34-30-13-7-5-11-25(27)30)28-20-35-31-14-8-6-12-26(28)31/h2-21,32,34-35H,1H3. The first-order valence-electron chi connectivity index (χ1n) is 12.7. The second-order valence-corrected chi connectivity index (χ2v) is 9.45. The van der Waals surface area contributed by atoms with Gasteiger partial charge in [0, 0.05) is 57.4 Å². The van der Waals surface area contributed by atoms with Crippen LogP contribution in [-0.4, -0.2) is 26.9 Å². The van der Waals surface area contributed by atoms with Crippen molar-refractivity contribution < 1.29 is 4.74 Å². The minimum absolute atomic E-state index is 0.0585. The monoisotopic (exact) mass is 494 g/mol. The number of methoxy groups -OCH3 is 1. The molecule has 7 rings (SSSR count). The Balaban J connectivity index is 1.52. The Labute approximate surface area is 220 Å². The molecule has 3 heterocycles. The van der Waals surface area contributed by atoms with Crippen LogP contribution in [0.5, 0.6) is 5.75 Å². The van der Waals surface area contributed by atoms with Crippen molar-refractivity contribution >= 4 is 21.8 Å². The number of benzene rings is 4. The highest BCUT2D eigenvalue weighted by Crippen LogP contribution is 2.43. The van der Waals surface area contributed by atoms with E-state index in [-0.39, 0.29) is 5.92 Å². The highest BCUT2D eigenvalue weighted by Gasteiger charge is 2.28. The van der Waals surface area contributed by atoms with Gasteiger partial charge in [0.15, 0.2) is 0 Å². The van der Waals surface area contributed by atoms with Gasteiger partial charge in [-0.3, -0.25) is 0 Å². The number of rotatable bonds is 6. The SMILES string of the molecule is COc1ccc(-c2nn(-c3ccccc3)cc2C(c2c[nH]c3ccccc23)c2c[nH]c3ccccc23)cc1. The number of aromatic nitrogens is 4. The second kappa shape index (κ2) is 9.12. The van der Waals surface area contributed by atoms with E-state index in [0.29, 0.717) is 0 Å². The van der Waals surface area contributed by atoms with E-state index >= 15 is 0 Å². The van der Waals surface area contributed by atoms with Crippen LogP contribution in [0.1, 0.15) is 22.6 Å². The van der Waals surface area contributed by atoms with Crippen molar-refractivity contribution in [2.75, 3.05) is 7.11 Å². The summed E-state index contributed by atoms with van der Waals surface area (Å²) >= 11 is 0. The summed E-state index contributed by atoms with van der Waals surface area (Å²) in [5.41, 5.74) is 8.80. The molecule has 5 heteroatoms. The second-order valence-electron chi connectivity index (χ2n) is 9.45. The van der Waals surface area contributed by atoms with Gasteiger partial charge in [-0.1, -0.05) is 54.6 Å².